The van der Waals surface area contributed by atoms with Gasteiger partial charge < -0.3 is 14.2 Å². The molecule has 1 aliphatic carbocycles. The Morgan fingerprint density at radius 1 is 1.42 bits per heavy atom. The Morgan fingerprint density at radius 2 is 2.29 bits per heavy atom. The summed E-state index contributed by atoms with van der Waals surface area (Å²) < 4.78 is 8.02. The SMILES string of the molecule is Cn1cnc2c1C(COCC1CC1)CN(C(=O)Cc1cccs1)C2. The van der Waals surface area contributed by atoms with Crippen molar-refractivity contribution in [2.75, 3.05) is 19.8 Å². The number of ether oxygens (including phenoxy) is 1. The lowest BCUT2D eigenvalue weighted by Crippen LogP contribution is -2.41. The van der Waals surface area contributed by atoms with Crippen LogP contribution < -0.4 is 0 Å². The fourth-order valence-corrected chi connectivity index (χ4v) is 4.08. The van der Waals surface area contributed by atoms with Crippen molar-refractivity contribution in [2.45, 2.75) is 31.7 Å². The number of amides is 1. The molecule has 1 amide bonds. The zero-order valence-corrected chi connectivity index (χ0v) is 14.8. The number of fused-ring (bicyclic) bond motifs is 1. The number of hydrogen-bond donors (Lipinski definition) is 0. The zero-order valence-electron chi connectivity index (χ0n) is 14.0. The summed E-state index contributed by atoms with van der Waals surface area (Å²) >= 11 is 1.64. The van der Waals surface area contributed by atoms with Crippen LogP contribution in [0.25, 0.3) is 0 Å². The smallest absolute Gasteiger partial charge is 0.228 e. The van der Waals surface area contributed by atoms with Crippen LogP contribution in [-0.4, -0.2) is 40.1 Å². The third-order valence-corrected chi connectivity index (χ3v) is 5.73. The van der Waals surface area contributed by atoms with Crippen LogP contribution in [0.5, 0.6) is 0 Å². The monoisotopic (exact) mass is 345 g/mol. The molecule has 1 unspecified atom stereocenters. The number of carbonyl (C=O) groups is 1. The molecule has 0 radical (unpaired) electrons. The number of hydrogen-bond acceptors (Lipinski definition) is 4. The van der Waals surface area contributed by atoms with E-state index in [0.717, 1.165) is 29.6 Å². The van der Waals surface area contributed by atoms with Gasteiger partial charge in [0, 0.05) is 36.7 Å². The number of rotatable bonds is 6. The summed E-state index contributed by atoms with van der Waals surface area (Å²) in [5, 5.41) is 2.02. The van der Waals surface area contributed by atoms with Crippen LogP contribution in [-0.2, 0) is 29.5 Å². The van der Waals surface area contributed by atoms with Crippen molar-refractivity contribution in [1.82, 2.24) is 14.5 Å². The van der Waals surface area contributed by atoms with Crippen LogP contribution in [0, 0.1) is 5.92 Å². The molecule has 128 valence electrons. The van der Waals surface area contributed by atoms with Gasteiger partial charge in [-0.2, -0.15) is 0 Å². The first kappa shape index (κ1) is 15.8. The summed E-state index contributed by atoms with van der Waals surface area (Å²) in [5.74, 6) is 1.16. The first-order valence-electron chi connectivity index (χ1n) is 8.58. The molecule has 5 nitrogen and oxygen atoms in total. The van der Waals surface area contributed by atoms with E-state index < -0.39 is 0 Å². The van der Waals surface area contributed by atoms with E-state index in [0.29, 0.717) is 19.6 Å². The van der Waals surface area contributed by atoms with Crippen LogP contribution in [0.4, 0.5) is 0 Å². The minimum absolute atomic E-state index is 0.181. The molecule has 2 aromatic heterocycles. The van der Waals surface area contributed by atoms with Gasteiger partial charge in [-0.15, -0.1) is 11.3 Å². The van der Waals surface area contributed by atoms with E-state index in [4.69, 9.17) is 4.74 Å². The molecule has 1 fully saturated rings. The second kappa shape index (κ2) is 6.69. The lowest BCUT2D eigenvalue weighted by molar-refractivity contribution is -0.132. The molecule has 1 atom stereocenters. The Kier molecular flexibility index (Phi) is 4.41. The minimum Gasteiger partial charge on any atom is -0.380 e. The Bertz CT molecular complexity index is 706. The van der Waals surface area contributed by atoms with E-state index in [9.17, 15) is 4.79 Å². The van der Waals surface area contributed by atoms with Gasteiger partial charge in [0.05, 0.1) is 31.6 Å². The largest absolute Gasteiger partial charge is 0.380 e. The number of aromatic nitrogens is 2. The van der Waals surface area contributed by atoms with Crippen LogP contribution >= 0.6 is 11.3 Å². The topological polar surface area (TPSA) is 47.4 Å². The molecule has 24 heavy (non-hydrogen) atoms. The molecule has 2 aromatic rings. The van der Waals surface area contributed by atoms with E-state index in [2.05, 4.69) is 9.55 Å². The molecule has 3 heterocycles. The highest BCUT2D eigenvalue weighted by atomic mass is 32.1. The second-order valence-corrected chi connectivity index (χ2v) is 7.93. The maximum Gasteiger partial charge on any atom is 0.228 e. The molecule has 0 bridgehead atoms. The minimum atomic E-state index is 0.181. The number of thiophene rings is 1. The van der Waals surface area contributed by atoms with E-state index in [1.165, 1.54) is 18.5 Å². The van der Waals surface area contributed by atoms with E-state index in [-0.39, 0.29) is 11.8 Å². The highest BCUT2D eigenvalue weighted by molar-refractivity contribution is 7.10. The van der Waals surface area contributed by atoms with Crippen LogP contribution in [0.15, 0.2) is 23.8 Å². The van der Waals surface area contributed by atoms with Gasteiger partial charge in [0.1, 0.15) is 0 Å². The summed E-state index contributed by atoms with van der Waals surface area (Å²) in [5.41, 5.74) is 2.24. The van der Waals surface area contributed by atoms with Crippen molar-refractivity contribution in [3.63, 3.8) is 0 Å². The third-order valence-electron chi connectivity index (χ3n) is 4.86. The molecular formula is C18H23N3O2S. The average Bonchev–Trinajstić information content (AvgIpc) is 3.10. The Hall–Kier alpha value is -1.66. The van der Waals surface area contributed by atoms with Crippen molar-refractivity contribution < 1.29 is 9.53 Å². The Morgan fingerprint density at radius 3 is 3.04 bits per heavy atom. The van der Waals surface area contributed by atoms with Crippen LogP contribution in [0.3, 0.4) is 0 Å². The number of aryl methyl sites for hydroxylation is 1. The molecule has 0 saturated heterocycles. The Labute approximate surface area is 146 Å². The summed E-state index contributed by atoms with van der Waals surface area (Å²) in [4.78, 5) is 20.2. The predicted octanol–water partition coefficient (Wildman–Crippen LogP) is 2.58. The highest BCUT2D eigenvalue weighted by Gasteiger charge is 2.32. The van der Waals surface area contributed by atoms with Gasteiger partial charge in [-0.25, -0.2) is 4.98 Å². The van der Waals surface area contributed by atoms with E-state index >= 15 is 0 Å². The fraction of sp³-hybridized carbons (Fsp3) is 0.556. The van der Waals surface area contributed by atoms with Gasteiger partial charge in [-0.1, -0.05) is 6.07 Å². The summed E-state index contributed by atoms with van der Waals surface area (Å²) in [6.45, 7) is 2.86. The van der Waals surface area contributed by atoms with Gasteiger partial charge >= 0.3 is 0 Å². The zero-order chi connectivity index (χ0) is 16.5. The van der Waals surface area contributed by atoms with Gasteiger partial charge in [0.2, 0.25) is 5.91 Å². The number of imidazole rings is 1. The molecule has 0 spiro atoms. The van der Waals surface area contributed by atoms with Crippen LogP contribution in [0.1, 0.15) is 35.0 Å². The summed E-state index contributed by atoms with van der Waals surface area (Å²) in [7, 11) is 2.03. The first-order valence-corrected chi connectivity index (χ1v) is 9.46. The maximum absolute atomic E-state index is 12.7. The van der Waals surface area contributed by atoms with Crippen molar-refractivity contribution in [3.05, 3.63) is 40.1 Å². The number of nitrogens with zero attached hydrogens (tertiary/aromatic N) is 3. The van der Waals surface area contributed by atoms with Crippen molar-refractivity contribution >= 4 is 17.2 Å². The third kappa shape index (κ3) is 3.39. The van der Waals surface area contributed by atoms with Crippen molar-refractivity contribution in [2.24, 2.45) is 13.0 Å². The second-order valence-electron chi connectivity index (χ2n) is 6.90. The van der Waals surface area contributed by atoms with E-state index in [1.54, 1.807) is 11.3 Å². The van der Waals surface area contributed by atoms with Gasteiger partial charge in [-0.3, -0.25) is 4.79 Å². The van der Waals surface area contributed by atoms with Gasteiger partial charge in [0.15, 0.2) is 0 Å². The molecule has 1 aliphatic heterocycles. The summed E-state index contributed by atoms with van der Waals surface area (Å²) in [6, 6.07) is 4.02. The standard InChI is InChI=1S/C18H23N3O2S/c1-20-12-19-16-9-21(17(22)7-15-3-2-6-24-15)8-14(18(16)20)11-23-10-13-4-5-13/h2-3,6,12-14H,4-5,7-11H2,1H3. The molecule has 0 N–H and O–H groups in total. The molecule has 1 saturated carbocycles. The maximum atomic E-state index is 12.7. The quantitative estimate of drug-likeness (QED) is 0.808. The number of carbonyl (C=O) groups excluding carboxylic acids is 1. The molecule has 2 aliphatic rings. The van der Waals surface area contributed by atoms with Crippen molar-refractivity contribution in [1.29, 1.82) is 0 Å². The molecular weight excluding hydrogens is 322 g/mol. The lowest BCUT2D eigenvalue weighted by Gasteiger charge is -2.33. The van der Waals surface area contributed by atoms with Crippen molar-refractivity contribution in [3.8, 4) is 0 Å². The predicted molar refractivity (Wildman–Crippen MR) is 92.9 cm³/mol. The fourth-order valence-electron chi connectivity index (χ4n) is 3.39. The van der Waals surface area contributed by atoms with E-state index in [1.807, 2.05) is 35.8 Å². The summed E-state index contributed by atoms with van der Waals surface area (Å²) in [6.07, 6.45) is 4.93. The first-order chi connectivity index (χ1) is 11.7. The Balaban J connectivity index is 1.45. The molecule has 6 heteroatoms. The average molecular weight is 345 g/mol. The van der Waals surface area contributed by atoms with Crippen LogP contribution in [0.2, 0.25) is 0 Å². The lowest BCUT2D eigenvalue weighted by atomic mass is 9.98. The molecule has 4 rings (SSSR count). The van der Waals surface area contributed by atoms with Gasteiger partial charge in [-0.05, 0) is 30.2 Å². The highest BCUT2D eigenvalue weighted by Crippen LogP contribution is 2.31. The normalized spacial score (nSPS) is 20.2. The molecule has 0 aromatic carbocycles. The van der Waals surface area contributed by atoms with Gasteiger partial charge in [0.25, 0.3) is 0 Å².